The Balaban J connectivity index is 2.23. The predicted molar refractivity (Wildman–Crippen MR) is 74.9 cm³/mol. The van der Waals surface area contributed by atoms with Crippen molar-refractivity contribution >= 4 is 23.2 Å². The maximum Gasteiger partial charge on any atom is 0.274 e. The lowest BCUT2D eigenvalue weighted by atomic mass is 10.2. The number of nitrogens with zero attached hydrogens (tertiary/aromatic N) is 2. The van der Waals surface area contributed by atoms with Gasteiger partial charge in [-0.1, -0.05) is 11.6 Å². The van der Waals surface area contributed by atoms with Crippen LogP contribution in [0.1, 0.15) is 16.1 Å². The van der Waals surface area contributed by atoms with Crippen molar-refractivity contribution in [2.45, 2.75) is 0 Å². The smallest absolute Gasteiger partial charge is 0.274 e. The molecule has 1 heterocycles. The van der Waals surface area contributed by atoms with Crippen LogP contribution in [0.25, 0.3) is 0 Å². The van der Waals surface area contributed by atoms with E-state index in [-0.39, 0.29) is 5.69 Å². The first kappa shape index (κ1) is 13.8. The Labute approximate surface area is 120 Å². The Hall–Kier alpha value is -2.58. The van der Waals surface area contributed by atoms with E-state index in [9.17, 15) is 4.79 Å². The standard InChI is InChI=1S/C14H10ClN3O2/c1-20-13-5-3-10(15)6-12(13)18-14(19)11-4-2-9(7-16)8-17-11/h2-6,8H,1H3,(H,18,19). The molecule has 0 radical (unpaired) electrons. The maximum absolute atomic E-state index is 12.0. The average Bonchev–Trinajstić information content (AvgIpc) is 2.47. The lowest BCUT2D eigenvalue weighted by molar-refractivity contribution is 0.102. The minimum absolute atomic E-state index is 0.200. The first-order valence-corrected chi connectivity index (χ1v) is 6.03. The largest absolute Gasteiger partial charge is 0.495 e. The van der Waals surface area contributed by atoms with Crippen molar-refractivity contribution in [1.29, 1.82) is 5.26 Å². The van der Waals surface area contributed by atoms with Crippen molar-refractivity contribution in [2.75, 3.05) is 12.4 Å². The lowest BCUT2D eigenvalue weighted by Crippen LogP contribution is -2.14. The molecule has 0 fully saturated rings. The molecule has 0 spiro atoms. The number of pyridine rings is 1. The predicted octanol–water partition coefficient (Wildman–Crippen LogP) is 2.87. The number of carbonyl (C=O) groups excluding carboxylic acids is 1. The van der Waals surface area contributed by atoms with Crippen LogP contribution >= 0.6 is 11.6 Å². The van der Waals surface area contributed by atoms with Crippen molar-refractivity contribution in [3.05, 3.63) is 52.8 Å². The van der Waals surface area contributed by atoms with Gasteiger partial charge in [-0.3, -0.25) is 4.79 Å². The third kappa shape index (κ3) is 3.05. The first-order valence-electron chi connectivity index (χ1n) is 5.65. The third-order valence-electron chi connectivity index (χ3n) is 2.53. The minimum Gasteiger partial charge on any atom is -0.495 e. The van der Waals surface area contributed by atoms with E-state index in [1.54, 1.807) is 18.2 Å². The average molecular weight is 288 g/mol. The van der Waals surface area contributed by atoms with E-state index in [2.05, 4.69) is 10.3 Å². The van der Waals surface area contributed by atoms with E-state index < -0.39 is 5.91 Å². The molecule has 5 nitrogen and oxygen atoms in total. The van der Waals surface area contributed by atoms with Crippen molar-refractivity contribution < 1.29 is 9.53 Å². The Morgan fingerprint density at radius 1 is 1.40 bits per heavy atom. The summed E-state index contributed by atoms with van der Waals surface area (Å²) in [6.45, 7) is 0. The zero-order valence-corrected chi connectivity index (χ0v) is 11.3. The summed E-state index contributed by atoms with van der Waals surface area (Å²) in [6, 6.07) is 9.84. The van der Waals surface area contributed by atoms with Gasteiger partial charge >= 0.3 is 0 Å². The number of amides is 1. The summed E-state index contributed by atoms with van der Waals surface area (Å²) in [5, 5.41) is 11.8. The SMILES string of the molecule is COc1ccc(Cl)cc1NC(=O)c1ccc(C#N)cn1. The van der Waals surface area contributed by atoms with Crippen LogP contribution in [-0.4, -0.2) is 18.0 Å². The summed E-state index contributed by atoms with van der Waals surface area (Å²) in [6.07, 6.45) is 1.34. The number of hydrogen-bond donors (Lipinski definition) is 1. The Bertz CT molecular complexity index is 678. The summed E-state index contributed by atoms with van der Waals surface area (Å²) in [4.78, 5) is 16.0. The molecule has 1 amide bonds. The van der Waals surface area contributed by atoms with E-state index in [0.29, 0.717) is 22.0 Å². The number of benzene rings is 1. The number of nitriles is 1. The normalized spacial score (nSPS) is 9.65. The Morgan fingerprint density at radius 3 is 2.80 bits per heavy atom. The van der Waals surface area contributed by atoms with Crippen molar-refractivity contribution in [3.8, 4) is 11.8 Å². The molecule has 100 valence electrons. The number of nitrogens with one attached hydrogen (secondary N) is 1. The molecule has 6 heteroatoms. The molecule has 0 unspecified atom stereocenters. The van der Waals surface area contributed by atoms with E-state index in [1.165, 1.54) is 25.4 Å². The van der Waals surface area contributed by atoms with Crippen LogP contribution in [0.4, 0.5) is 5.69 Å². The van der Waals surface area contributed by atoms with Crippen LogP contribution in [0.15, 0.2) is 36.5 Å². The van der Waals surface area contributed by atoms with Gasteiger partial charge in [-0.25, -0.2) is 4.98 Å². The molecule has 0 aliphatic carbocycles. The highest BCUT2D eigenvalue weighted by molar-refractivity contribution is 6.31. The van der Waals surface area contributed by atoms with Gasteiger partial charge in [0.1, 0.15) is 17.5 Å². The summed E-state index contributed by atoms with van der Waals surface area (Å²) in [7, 11) is 1.50. The van der Waals surface area contributed by atoms with E-state index in [1.807, 2.05) is 6.07 Å². The summed E-state index contributed by atoms with van der Waals surface area (Å²) in [5.74, 6) is 0.0893. The highest BCUT2D eigenvalue weighted by atomic mass is 35.5. The molecular formula is C14H10ClN3O2. The maximum atomic E-state index is 12.0. The molecule has 1 aromatic carbocycles. The van der Waals surface area contributed by atoms with Gasteiger partial charge in [0.25, 0.3) is 5.91 Å². The Morgan fingerprint density at radius 2 is 2.20 bits per heavy atom. The zero-order valence-electron chi connectivity index (χ0n) is 10.6. The van der Waals surface area contributed by atoms with Crippen LogP contribution in [0, 0.1) is 11.3 Å². The number of anilines is 1. The Kier molecular flexibility index (Phi) is 4.18. The second-order valence-electron chi connectivity index (χ2n) is 3.84. The molecule has 1 aromatic heterocycles. The summed E-state index contributed by atoms with van der Waals surface area (Å²) in [5.41, 5.74) is 1.05. The molecular weight excluding hydrogens is 278 g/mol. The van der Waals surface area contributed by atoms with Crippen LogP contribution in [0.2, 0.25) is 5.02 Å². The van der Waals surface area contributed by atoms with Gasteiger partial charge in [0.15, 0.2) is 0 Å². The molecule has 1 N–H and O–H groups in total. The fourth-order valence-corrected chi connectivity index (χ4v) is 1.73. The van der Waals surface area contributed by atoms with Crippen LogP contribution in [-0.2, 0) is 0 Å². The van der Waals surface area contributed by atoms with Gasteiger partial charge in [-0.15, -0.1) is 0 Å². The number of ether oxygens (including phenoxy) is 1. The molecule has 0 bridgehead atoms. The van der Waals surface area contributed by atoms with Gasteiger partial charge in [-0.05, 0) is 30.3 Å². The second-order valence-corrected chi connectivity index (χ2v) is 4.28. The highest BCUT2D eigenvalue weighted by Crippen LogP contribution is 2.27. The lowest BCUT2D eigenvalue weighted by Gasteiger charge is -2.10. The molecule has 20 heavy (non-hydrogen) atoms. The van der Waals surface area contributed by atoms with Crippen LogP contribution in [0.3, 0.4) is 0 Å². The van der Waals surface area contributed by atoms with Crippen molar-refractivity contribution in [1.82, 2.24) is 4.98 Å². The first-order chi connectivity index (χ1) is 9.63. The number of aromatic nitrogens is 1. The molecule has 0 aliphatic rings. The highest BCUT2D eigenvalue weighted by Gasteiger charge is 2.11. The van der Waals surface area contributed by atoms with E-state index >= 15 is 0 Å². The van der Waals surface area contributed by atoms with Gasteiger partial charge in [0, 0.05) is 11.2 Å². The van der Waals surface area contributed by atoms with Gasteiger partial charge in [-0.2, -0.15) is 5.26 Å². The topological polar surface area (TPSA) is 75.0 Å². The summed E-state index contributed by atoms with van der Waals surface area (Å²) < 4.78 is 5.14. The van der Waals surface area contributed by atoms with E-state index in [4.69, 9.17) is 21.6 Å². The molecule has 2 aromatic rings. The number of methoxy groups -OCH3 is 1. The summed E-state index contributed by atoms with van der Waals surface area (Å²) >= 11 is 5.88. The number of carbonyl (C=O) groups is 1. The second kappa shape index (κ2) is 6.04. The third-order valence-corrected chi connectivity index (χ3v) is 2.77. The zero-order chi connectivity index (χ0) is 14.5. The van der Waals surface area contributed by atoms with E-state index in [0.717, 1.165) is 0 Å². The number of rotatable bonds is 3. The van der Waals surface area contributed by atoms with Crippen LogP contribution < -0.4 is 10.1 Å². The van der Waals surface area contributed by atoms with Crippen molar-refractivity contribution in [3.63, 3.8) is 0 Å². The minimum atomic E-state index is -0.407. The quantitative estimate of drug-likeness (QED) is 0.942. The van der Waals surface area contributed by atoms with Gasteiger partial charge in [0.2, 0.25) is 0 Å². The molecule has 2 rings (SSSR count). The monoisotopic (exact) mass is 287 g/mol. The fourth-order valence-electron chi connectivity index (χ4n) is 1.56. The number of halogens is 1. The fraction of sp³-hybridized carbons (Fsp3) is 0.0714. The molecule has 0 saturated carbocycles. The van der Waals surface area contributed by atoms with Crippen molar-refractivity contribution in [2.24, 2.45) is 0 Å². The molecule has 0 aliphatic heterocycles. The van der Waals surface area contributed by atoms with Crippen LogP contribution in [0.5, 0.6) is 5.75 Å². The number of hydrogen-bond acceptors (Lipinski definition) is 4. The van der Waals surface area contributed by atoms with Gasteiger partial charge in [0.05, 0.1) is 18.4 Å². The molecule has 0 saturated heterocycles. The molecule has 0 atom stereocenters. The van der Waals surface area contributed by atoms with Gasteiger partial charge < -0.3 is 10.1 Å².